The van der Waals surface area contributed by atoms with E-state index in [9.17, 15) is 14.0 Å². The first-order valence-corrected chi connectivity index (χ1v) is 9.05. The molecule has 4 nitrogen and oxygen atoms in total. The van der Waals surface area contributed by atoms with Crippen molar-refractivity contribution >= 4 is 27.8 Å². The van der Waals surface area contributed by atoms with Gasteiger partial charge in [-0.15, -0.1) is 0 Å². The molecular weight excluding hydrogens is 377 g/mol. The number of esters is 1. The van der Waals surface area contributed by atoms with Gasteiger partial charge in [-0.05, 0) is 59.3 Å². The average molecular weight is 400 g/mol. The van der Waals surface area contributed by atoms with E-state index in [4.69, 9.17) is 4.74 Å². The summed E-state index contributed by atoms with van der Waals surface area (Å²) < 4.78 is 18.6. The van der Waals surface area contributed by atoms with Gasteiger partial charge in [-0.3, -0.25) is 4.79 Å². The van der Waals surface area contributed by atoms with Crippen LogP contribution in [0.5, 0.6) is 0 Å². The van der Waals surface area contributed by atoms with Crippen LogP contribution in [0, 0.1) is 17.7 Å². The highest BCUT2D eigenvalue weighted by molar-refractivity contribution is 9.10. The number of benzene rings is 1. The minimum Gasteiger partial charge on any atom is -0.449 e. The molecule has 1 aliphatic carbocycles. The number of hydrogen-bond donors (Lipinski definition) is 1. The lowest BCUT2D eigenvalue weighted by molar-refractivity contribution is -0.130. The molecule has 1 aromatic rings. The van der Waals surface area contributed by atoms with Crippen LogP contribution >= 0.6 is 15.9 Å². The number of halogens is 2. The zero-order valence-corrected chi connectivity index (χ0v) is 15.7. The zero-order valence-electron chi connectivity index (χ0n) is 14.1. The lowest BCUT2D eigenvalue weighted by atomic mass is 9.78. The van der Waals surface area contributed by atoms with E-state index in [0.717, 1.165) is 12.8 Å². The Balaban J connectivity index is 1.94. The lowest BCUT2D eigenvalue weighted by Gasteiger charge is -2.35. The summed E-state index contributed by atoms with van der Waals surface area (Å²) in [4.78, 5) is 24.5. The fraction of sp³-hybridized carbons (Fsp3) is 0.556. The van der Waals surface area contributed by atoms with Crippen LogP contribution in [-0.4, -0.2) is 24.0 Å². The average Bonchev–Trinajstić information content (AvgIpc) is 2.51. The van der Waals surface area contributed by atoms with Gasteiger partial charge in [0.05, 0.1) is 5.56 Å². The van der Waals surface area contributed by atoms with E-state index in [1.807, 2.05) is 0 Å². The van der Waals surface area contributed by atoms with E-state index in [0.29, 0.717) is 16.3 Å². The van der Waals surface area contributed by atoms with Crippen molar-refractivity contribution in [1.82, 2.24) is 5.32 Å². The SMILES string of the molecule is C[C@@H]1[C@H](C)CCC[C@H]1NC(=O)[C@@H](C)OC(=O)c1ccc(F)cc1Br. The molecule has 0 heterocycles. The van der Waals surface area contributed by atoms with E-state index >= 15 is 0 Å². The Bertz CT molecular complexity index is 622. The Hall–Kier alpha value is -1.43. The van der Waals surface area contributed by atoms with Crippen molar-refractivity contribution in [2.75, 3.05) is 0 Å². The highest BCUT2D eigenvalue weighted by Crippen LogP contribution is 2.29. The number of carbonyl (C=O) groups excluding carboxylic acids is 2. The van der Waals surface area contributed by atoms with Crippen molar-refractivity contribution in [2.24, 2.45) is 11.8 Å². The van der Waals surface area contributed by atoms with Crippen LogP contribution in [0.2, 0.25) is 0 Å². The van der Waals surface area contributed by atoms with Crippen LogP contribution in [0.1, 0.15) is 50.4 Å². The second kappa shape index (κ2) is 8.10. The molecule has 6 heteroatoms. The molecule has 0 aromatic heterocycles. The van der Waals surface area contributed by atoms with Gasteiger partial charge >= 0.3 is 5.97 Å². The summed E-state index contributed by atoms with van der Waals surface area (Å²) in [5.74, 6) is -0.444. The Labute approximate surface area is 150 Å². The predicted octanol–water partition coefficient (Wildman–Crippen LogP) is 4.07. The predicted molar refractivity (Wildman–Crippen MR) is 93.1 cm³/mol. The van der Waals surface area contributed by atoms with E-state index in [-0.39, 0.29) is 17.5 Å². The molecule has 0 aliphatic heterocycles. The molecule has 1 saturated carbocycles. The van der Waals surface area contributed by atoms with E-state index < -0.39 is 17.9 Å². The summed E-state index contributed by atoms with van der Waals surface area (Å²) in [6.45, 7) is 5.88. The third-order valence-electron chi connectivity index (χ3n) is 4.84. The smallest absolute Gasteiger partial charge is 0.340 e. The molecular formula is C18H23BrFNO3. The van der Waals surface area contributed by atoms with Crippen LogP contribution in [-0.2, 0) is 9.53 Å². The highest BCUT2D eigenvalue weighted by atomic mass is 79.9. The molecule has 0 bridgehead atoms. The van der Waals surface area contributed by atoms with E-state index in [1.165, 1.54) is 24.6 Å². The van der Waals surface area contributed by atoms with Gasteiger partial charge in [-0.2, -0.15) is 0 Å². The topological polar surface area (TPSA) is 55.4 Å². The van der Waals surface area contributed by atoms with Gasteiger partial charge in [0.2, 0.25) is 0 Å². The van der Waals surface area contributed by atoms with Crippen LogP contribution in [0.4, 0.5) is 4.39 Å². The van der Waals surface area contributed by atoms with Gasteiger partial charge in [0.15, 0.2) is 6.10 Å². The molecule has 1 aliphatic rings. The molecule has 4 atom stereocenters. The first-order chi connectivity index (χ1) is 11.3. The second-order valence-electron chi connectivity index (χ2n) is 6.55. The number of hydrogen-bond acceptors (Lipinski definition) is 3. The third-order valence-corrected chi connectivity index (χ3v) is 5.49. The first kappa shape index (κ1) is 18.9. The summed E-state index contributed by atoms with van der Waals surface area (Å²) >= 11 is 3.13. The largest absolute Gasteiger partial charge is 0.449 e. The molecule has 0 saturated heterocycles. The fourth-order valence-corrected chi connectivity index (χ4v) is 3.53. The molecule has 1 fully saturated rings. The number of nitrogens with one attached hydrogen (secondary N) is 1. The molecule has 0 spiro atoms. The minimum atomic E-state index is -0.904. The van der Waals surface area contributed by atoms with E-state index in [1.54, 1.807) is 6.92 Å². The van der Waals surface area contributed by atoms with Gasteiger partial charge in [0.25, 0.3) is 5.91 Å². The van der Waals surface area contributed by atoms with Gasteiger partial charge in [-0.1, -0.05) is 26.7 Å². The van der Waals surface area contributed by atoms with Crippen molar-refractivity contribution in [2.45, 2.75) is 52.2 Å². The fourth-order valence-electron chi connectivity index (χ4n) is 3.02. The molecule has 1 amide bonds. The van der Waals surface area contributed by atoms with Crippen molar-refractivity contribution in [3.63, 3.8) is 0 Å². The van der Waals surface area contributed by atoms with Crippen molar-refractivity contribution in [3.8, 4) is 0 Å². The molecule has 1 aromatic carbocycles. The lowest BCUT2D eigenvalue weighted by Crippen LogP contribution is -2.47. The standard InChI is InChI=1S/C18H23BrFNO3/c1-10-5-4-6-16(11(10)2)21-17(22)12(3)24-18(23)14-8-7-13(20)9-15(14)19/h7-12,16H,4-6H2,1-3H3,(H,21,22)/t10-,11-,12-,16-/m1/s1. The van der Waals surface area contributed by atoms with E-state index in [2.05, 4.69) is 35.1 Å². The van der Waals surface area contributed by atoms with Gasteiger partial charge in [0, 0.05) is 10.5 Å². The van der Waals surface area contributed by atoms with Crippen molar-refractivity contribution in [3.05, 3.63) is 34.1 Å². The van der Waals surface area contributed by atoms with Gasteiger partial charge in [0.1, 0.15) is 5.82 Å². The van der Waals surface area contributed by atoms with Crippen LogP contribution in [0.3, 0.4) is 0 Å². The molecule has 2 rings (SSSR count). The summed E-state index contributed by atoms with van der Waals surface area (Å²) in [6, 6.07) is 3.81. The van der Waals surface area contributed by atoms with Crippen molar-refractivity contribution in [1.29, 1.82) is 0 Å². The Morgan fingerprint density at radius 1 is 1.33 bits per heavy atom. The summed E-state index contributed by atoms with van der Waals surface area (Å²) in [7, 11) is 0. The number of amides is 1. The van der Waals surface area contributed by atoms with Crippen LogP contribution < -0.4 is 5.32 Å². The van der Waals surface area contributed by atoms with Crippen LogP contribution in [0.15, 0.2) is 22.7 Å². The minimum absolute atomic E-state index is 0.111. The van der Waals surface area contributed by atoms with Gasteiger partial charge < -0.3 is 10.1 Å². The summed E-state index contributed by atoms with van der Waals surface area (Å²) in [6.07, 6.45) is 2.31. The highest BCUT2D eigenvalue weighted by Gasteiger charge is 2.30. The maximum atomic E-state index is 13.1. The molecule has 132 valence electrons. The normalized spacial score (nSPS) is 25.0. The Morgan fingerprint density at radius 2 is 2.04 bits per heavy atom. The molecule has 24 heavy (non-hydrogen) atoms. The molecule has 1 N–H and O–H groups in total. The number of rotatable bonds is 4. The Kier molecular flexibility index (Phi) is 6.38. The molecule has 0 radical (unpaired) electrons. The number of carbonyl (C=O) groups is 2. The maximum absolute atomic E-state index is 13.1. The van der Waals surface area contributed by atoms with Gasteiger partial charge in [-0.25, -0.2) is 9.18 Å². The zero-order chi connectivity index (χ0) is 17.9. The first-order valence-electron chi connectivity index (χ1n) is 8.26. The van der Waals surface area contributed by atoms with Crippen LogP contribution in [0.25, 0.3) is 0 Å². The maximum Gasteiger partial charge on any atom is 0.340 e. The summed E-state index contributed by atoms with van der Waals surface area (Å²) in [5, 5.41) is 2.99. The number of ether oxygens (including phenoxy) is 1. The molecule has 0 unspecified atom stereocenters. The Morgan fingerprint density at radius 3 is 2.71 bits per heavy atom. The second-order valence-corrected chi connectivity index (χ2v) is 7.41. The summed E-state index contributed by atoms with van der Waals surface area (Å²) in [5.41, 5.74) is 0.190. The quantitative estimate of drug-likeness (QED) is 0.776. The third kappa shape index (κ3) is 4.56. The monoisotopic (exact) mass is 399 g/mol. The van der Waals surface area contributed by atoms with Crippen molar-refractivity contribution < 1.29 is 18.7 Å².